The Morgan fingerprint density at radius 1 is 1.28 bits per heavy atom. The van der Waals surface area contributed by atoms with Gasteiger partial charge in [0.05, 0.1) is 17.7 Å². The number of amides is 2. The number of nitriles is 2. The van der Waals surface area contributed by atoms with Gasteiger partial charge >= 0.3 is 6.03 Å². The zero-order valence-corrected chi connectivity index (χ0v) is 9.68. The first-order valence-electron chi connectivity index (χ1n) is 5.70. The van der Waals surface area contributed by atoms with E-state index in [4.69, 9.17) is 10.5 Å². The Morgan fingerprint density at radius 3 is 2.44 bits per heavy atom. The van der Waals surface area contributed by atoms with E-state index in [1.807, 2.05) is 6.07 Å². The van der Waals surface area contributed by atoms with Gasteiger partial charge in [-0.3, -0.25) is 0 Å². The van der Waals surface area contributed by atoms with Crippen molar-refractivity contribution < 1.29 is 4.79 Å². The molecule has 1 aromatic rings. The standard InChI is InChI=1S/C13H12N4O/c14-7-9-1-5-11(6-2-9)16-13(18)17-12(8-15)10-3-4-10/h1-2,5-6,10,12H,3-4H2,(H2,16,17,18). The fraction of sp³-hybridized carbons (Fsp3) is 0.308. The van der Waals surface area contributed by atoms with E-state index in [2.05, 4.69) is 16.7 Å². The summed E-state index contributed by atoms with van der Waals surface area (Å²) in [6, 6.07) is 9.83. The molecule has 0 aliphatic heterocycles. The maximum Gasteiger partial charge on any atom is 0.320 e. The SMILES string of the molecule is N#Cc1ccc(NC(=O)NC(C#N)C2CC2)cc1. The molecule has 0 heterocycles. The predicted octanol–water partition coefficient (Wildman–Crippen LogP) is 1.98. The molecule has 0 aromatic heterocycles. The first-order valence-corrected chi connectivity index (χ1v) is 5.70. The maximum absolute atomic E-state index is 11.6. The summed E-state index contributed by atoms with van der Waals surface area (Å²) in [7, 11) is 0. The molecule has 1 atom stereocenters. The van der Waals surface area contributed by atoms with Crippen molar-refractivity contribution in [2.45, 2.75) is 18.9 Å². The molecule has 2 rings (SSSR count). The van der Waals surface area contributed by atoms with Crippen molar-refractivity contribution in [3.8, 4) is 12.1 Å². The fourth-order valence-electron chi connectivity index (χ4n) is 1.62. The number of nitrogens with zero attached hydrogens (tertiary/aromatic N) is 2. The van der Waals surface area contributed by atoms with Gasteiger partial charge in [-0.25, -0.2) is 4.79 Å². The Labute approximate surface area is 105 Å². The van der Waals surface area contributed by atoms with Crippen molar-refractivity contribution in [3.05, 3.63) is 29.8 Å². The maximum atomic E-state index is 11.6. The largest absolute Gasteiger partial charge is 0.322 e. The topological polar surface area (TPSA) is 88.7 Å². The lowest BCUT2D eigenvalue weighted by Crippen LogP contribution is -2.38. The number of nitrogens with one attached hydrogen (secondary N) is 2. The van der Waals surface area contributed by atoms with Gasteiger partial charge in [-0.2, -0.15) is 10.5 Å². The lowest BCUT2D eigenvalue weighted by atomic mass is 10.2. The number of carbonyl (C=O) groups is 1. The van der Waals surface area contributed by atoms with Crippen LogP contribution in [0.4, 0.5) is 10.5 Å². The Bertz CT molecular complexity index is 519. The summed E-state index contributed by atoms with van der Waals surface area (Å²) in [5.74, 6) is 0.293. The fourth-order valence-corrected chi connectivity index (χ4v) is 1.62. The van der Waals surface area contributed by atoms with Crippen molar-refractivity contribution in [2.24, 2.45) is 5.92 Å². The van der Waals surface area contributed by atoms with Crippen LogP contribution in [0.25, 0.3) is 0 Å². The second kappa shape index (κ2) is 5.20. The second-order valence-electron chi connectivity index (χ2n) is 4.23. The van der Waals surface area contributed by atoms with Crippen LogP contribution in [-0.2, 0) is 0 Å². The summed E-state index contributed by atoms with van der Waals surface area (Å²) in [6.07, 6.45) is 1.99. The van der Waals surface area contributed by atoms with Crippen molar-refractivity contribution in [1.82, 2.24) is 5.32 Å². The van der Waals surface area contributed by atoms with Crippen LogP contribution in [0.5, 0.6) is 0 Å². The normalized spacial score (nSPS) is 15.0. The summed E-state index contributed by atoms with van der Waals surface area (Å²) in [6.45, 7) is 0. The average molecular weight is 240 g/mol. The first kappa shape index (κ1) is 11.9. The first-order chi connectivity index (χ1) is 8.72. The number of urea groups is 1. The highest BCUT2D eigenvalue weighted by Gasteiger charge is 2.32. The van der Waals surface area contributed by atoms with Gasteiger partial charge in [-0.1, -0.05) is 0 Å². The van der Waals surface area contributed by atoms with Crippen molar-refractivity contribution in [2.75, 3.05) is 5.32 Å². The summed E-state index contributed by atoms with van der Waals surface area (Å²) in [5.41, 5.74) is 1.13. The lowest BCUT2D eigenvalue weighted by molar-refractivity contribution is 0.249. The molecule has 18 heavy (non-hydrogen) atoms. The molecule has 90 valence electrons. The number of carbonyl (C=O) groups excluding carboxylic acids is 1. The van der Waals surface area contributed by atoms with Crippen LogP contribution in [-0.4, -0.2) is 12.1 Å². The van der Waals surface area contributed by atoms with Crippen molar-refractivity contribution in [1.29, 1.82) is 10.5 Å². The van der Waals surface area contributed by atoms with E-state index in [1.165, 1.54) is 0 Å². The number of anilines is 1. The molecule has 0 radical (unpaired) electrons. The molecule has 1 unspecified atom stereocenters. The molecule has 2 N–H and O–H groups in total. The zero-order chi connectivity index (χ0) is 13.0. The zero-order valence-electron chi connectivity index (χ0n) is 9.68. The molecule has 0 spiro atoms. The van der Waals surface area contributed by atoms with Crippen molar-refractivity contribution >= 4 is 11.7 Å². The Hall–Kier alpha value is -2.53. The third-order valence-electron chi connectivity index (χ3n) is 2.79. The van der Waals surface area contributed by atoms with Gasteiger partial charge in [-0.15, -0.1) is 0 Å². The highest BCUT2D eigenvalue weighted by atomic mass is 16.2. The van der Waals surface area contributed by atoms with Crippen LogP contribution in [0.15, 0.2) is 24.3 Å². The molecule has 1 aliphatic rings. The predicted molar refractivity (Wildman–Crippen MR) is 65.4 cm³/mol. The van der Waals surface area contributed by atoms with E-state index >= 15 is 0 Å². The Kier molecular flexibility index (Phi) is 3.45. The highest BCUT2D eigenvalue weighted by Crippen LogP contribution is 2.32. The lowest BCUT2D eigenvalue weighted by Gasteiger charge is -2.11. The van der Waals surface area contributed by atoms with Crippen LogP contribution in [0.1, 0.15) is 18.4 Å². The van der Waals surface area contributed by atoms with Gasteiger partial charge in [0.15, 0.2) is 0 Å². The molecule has 5 nitrogen and oxygen atoms in total. The van der Waals surface area contributed by atoms with Gasteiger partial charge in [0, 0.05) is 5.69 Å². The summed E-state index contributed by atoms with van der Waals surface area (Å²) in [5, 5.41) is 22.8. The number of hydrogen-bond donors (Lipinski definition) is 2. The molecule has 1 aromatic carbocycles. The van der Waals surface area contributed by atoms with Crippen LogP contribution in [0.2, 0.25) is 0 Å². The molecule has 1 saturated carbocycles. The molecular weight excluding hydrogens is 228 g/mol. The van der Waals surface area contributed by atoms with Crippen LogP contribution in [0, 0.1) is 28.6 Å². The van der Waals surface area contributed by atoms with E-state index in [1.54, 1.807) is 24.3 Å². The van der Waals surface area contributed by atoms with Gasteiger partial charge in [-0.05, 0) is 43.0 Å². The van der Waals surface area contributed by atoms with E-state index in [9.17, 15) is 4.79 Å². The highest BCUT2D eigenvalue weighted by molar-refractivity contribution is 5.89. The van der Waals surface area contributed by atoms with E-state index < -0.39 is 12.1 Å². The number of hydrogen-bond acceptors (Lipinski definition) is 3. The minimum absolute atomic E-state index is 0.293. The van der Waals surface area contributed by atoms with Crippen LogP contribution in [0.3, 0.4) is 0 Å². The van der Waals surface area contributed by atoms with Gasteiger partial charge in [0.2, 0.25) is 0 Å². The molecule has 1 aliphatic carbocycles. The van der Waals surface area contributed by atoms with Crippen molar-refractivity contribution in [3.63, 3.8) is 0 Å². The third-order valence-corrected chi connectivity index (χ3v) is 2.79. The summed E-state index contributed by atoms with van der Waals surface area (Å²) < 4.78 is 0. The quantitative estimate of drug-likeness (QED) is 0.846. The molecule has 2 amide bonds. The molecule has 0 bridgehead atoms. The van der Waals surface area contributed by atoms with Gasteiger partial charge in [0.25, 0.3) is 0 Å². The van der Waals surface area contributed by atoms with Crippen LogP contribution < -0.4 is 10.6 Å². The minimum Gasteiger partial charge on any atom is -0.322 e. The smallest absolute Gasteiger partial charge is 0.320 e. The summed E-state index contributed by atoms with van der Waals surface area (Å²) in [4.78, 5) is 11.6. The van der Waals surface area contributed by atoms with Gasteiger partial charge < -0.3 is 10.6 Å². The van der Waals surface area contributed by atoms with E-state index in [0.717, 1.165) is 12.8 Å². The van der Waals surface area contributed by atoms with Crippen LogP contribution >= 0.6 is 0 Å². The Balaban J connectivity index is 1.90. The second-order valence-corrected chi connectivity index (χ2v) is 4.23. The molecule has 5 heteroatoms. The average Bonchev–Trinajstić information content (AvgIpc) is 3.21. The molecule has 0 saturated heterocycles. The number of rotatable bonds is 3. The summed E-state index contributed by atoms with van der Waals surface area (Å²) >= 11 is 0. The number of benzene rings is 1. The van der Waals surface area contributed by atoms with E-state index in [0.29, 0.717) is 17.2 Å². The molecule has 1 fully saturated rings. The minimum atomic E-state index is -0.414. The monoisotopic (exact) mass is 240 g/mol. The third kappa shape index (κ3) is 2.99. The van der Waals surface area contributed by atoms with Gasteiger partial charge in [0.1, 0.15) is 6.04 Å². The Morgan fingerprint density at radius 2 is 1.94 bits per heavy atom. The van der Waals surface area contributed by atoms with E-state index in [-0.39, 0.29) is 0 Å². The molecular formula is C13H12N4O.